The quantitative estimate of drug-likeness (QED) is 0.217. The van der Waals surface area contributed by atoms with Gasteiger partial charge in [-0.3, -0.25) is 0 Å². The van der Waals surface area contributed by atoms with Crippen molar-refractivity contribution in [2.45, 2.75) is 11.6 Å². The zero-order valence-corrected chi connectivity index (χ0v) is 18.8. The lowest BCUT2D eigenvalue weighted by atomic mass is 9.80. The Bertz CT molecular complexity index is 1020. The van der Waals surface area contributed by atoms with Crippen LogP contribution in [0.1, 0.15) is 27.8 Å². The highest BCUT2D eigenvalue weighted by atomic mass is 79.9. The Morgan fingerprint density at radius 3 is 1.79 bits per heavy atom. The number of rotatable bonds is 5. The van der Waals surface area contributed by atoms with Gasteiger partial charge in [-0.1, -0.05) is 97.1 Å². The number of halogens is 2. The molecule has 29 heavy (non-hydrogen) atoms. The zero-order valence-electron chi connectivity index (χ0n) is 16.0. The normalized spacial score (nSPS) is 11.0. The molecule has 0 spiro atoms. The summed E-state index contributed by atoms with van der Waals surface area (Å²) in [5, 5.41) is -0.383. The van der Waals surface area contributed by atoms with Gasteiger partial charge in [-0.2, -0.15) is 0 Å². The summed E-state index contributed by atoms with van der Waals surface area (Å²) in [6, 6.07) is 36.4. The average Bonchev–Trinajstić information content (AvgIpc) is 2.75. The van der Waals surface area contributed by atoms with Crippen LogP contribution in [-0.4, -0.2) is 0 Å². The van der Waals surface area contributed by atoms with Gasteiger partial charge in [0.2, 0.25) is 0 Å². The number of hydrogen-bond acceptors (Lipinski definition) is 0. The summed E-state index contributed by atoms with van der Waals surface area (Å²) in [4.78, 5) is 0. The van der Waals surface area contributed by atoms with Crippen molar-refractivity contribution >= 4 is 26.2 Å². The van der Waals surface area contributed by atoms with Gasteiger partial charge in [0, 0.05) is 0 Å². The van der Waals surface area contributed by atoms with E-state index in [0.717, 1.165) is 5.56 Å². The Kier molecular flexibility index (Phi) is 7.00. The minimum atomic E-state index is -0.383. The molecule has 0 aliphatic heterocycles. The molecule has 0 radical (unpaired) electrons. The van der Waals surface area contributed by atoms with Gasteiger partial charge in [-0.05, 0) is 46.4 Å². The molecule has 146 valence electrons. The molecule has 0 aliphatic carbocycles. The van der Waals surface area contributed by atoms with Crippen LogP contribution in [-0.2, 0) is 11.6 Å². The first-order valence-corrected chi connectivity index (χ1v) is 9.98. The van der Waals surface area contributed by atoms with Crippen molar-refractivity contribution in [3.63, 3.8) is 0 Å². The number of benzene rings is 4. The first-order valence-electron chi connectivity index (χ1n) is 9.40. The molecule has 0 saturated carbocycles. The van der Waals surface area contributed by atoms with Crippen molar-refractivity contribution in [2.75, 3.05) is 0 Å². The van der Waals surface area contributed by atoms with Crippen molar-refractivity contribution < 1.29 is 4.39 Å². The summed E-state index contributed by atoms with van der Waals surface area (Å²) >= 11 is 0. The molecular formula is C26H23BrFP. The predicted octanol–water partition coefficient (Wildman–Crippen LogP) is 7.16. The maximum absolute atomic E-state index is 13.7. The lowest BCUT2D eigenvalue weighted by molar-refractivity contribution is 0.626. The van der Waals surface area contributed by atoms with Gasteiger partial charge in [-0.15, -0.1) is 26.2 Å². The largest absolute Gasteiger partial charge is 0.207 e. The molecule has 0 bridgehead atoms. The summed E-state index contributed by atoms with van der Waals surface area (Å²) in [7, 11) is 3.10. The van der Waals surface area contributed by atoms with Crippen LogP contribution < -0.4 is 0 Å². The van der Waals surface area contributed by atoms with E-state index in [9.17, 15) is 4.39 Å². The van der Waals surface area contributed by atoms with Crippen molar-refractivity contribution in [1.29, 1.82) is 0 Å². The second-order valence-electron chi connectivity index (χ2n) is 7.00. The van der Waals surface area contributed by atoms with E-state index in [0.29, 0.717) is 6.42 Å². The van der Waals surface area contributed by atoms with Crippen LogP contribution in [0.5, 0.6) is 0 Å². The molecule has 0 aromatic heterocycles. The average molecular weight is 465 g/mol. The highest BCUT2D eigenvalue weighted by molar-refractivity contribution is 8.93. The Hall–Kier alpha value is -2.28. The Balaban J connectivity index is 0.00000240. The molecule has 0 amide bonds. The molecule has 1 unspecified atom stereocenters. The van der Waals surface area contributed by atoms with Crippen molar-refractivity contribution in [1.82, 2.24) is 0 Å². The molecule has 0 nitrogen and oxygen atoms in total. The van der Waals surface area contributed by atoms with Gasteiger partial charge in [0.15, 0.2) is 0 Å². The van der Waals surface area contributed by atoms with E-state index in [2.05, 4.69) is 82.0 Å². The SMILES string of the molecule is Br.Fc1cccc(Cc2ccccc2C(P)(c2ccccc2)c2ccccc2)c1. The van der Waals surface area contributed by atoms with Gasteiger partial charge < -0.3 is 0 Å². The van der Waals surface area contributed by atoms with E-state index in [4.69, 9.17) is 0 Å². The summed E-state index contributed by atoms with van der Waals surface area (Å²) < 4.78 is 13.7. The van der Waals surface area contributed by atoms with E-state index < -0.39 is 0 Å². The van der Waals surface area contributed by atoms with Gasteiger partial charge in [-0.25, -0.2) is 4.39 Å². The maximum Gasteiger partial charge on any atom is 0.123 e. The molecule has 0 N–H and O–H groups in total. The first kappa shape index (κ1) is 21.4. The van der Waals surface area contributed by atoms with Crippen molar-refractivity contribution in [2.24, 2.45) is 0 Å². The lowest BCUT2D eigenvalue weighted by Gasteiger charge is -2.33. The summed E-state index contributed by atoms with van der Waals surface area (Å²) in [6.07, 6.45) is 0.684. The van der Waals surface area contributed by atoms with Crippen LogP contribution in [0.4, 0.5) is 4.39 Å². The lowest BCUT2D eigenvalue weighted by Crippen LogP contribution is -2.23. The topological polar surface area (TPSA) is 0 Å². The summed E-state index contributed by atoms with van der Waals surface area (Å²) in [6.45, 7) is 0. The third-order valence-electron chi connectivity index (χ3n) is 5.18. The second kappa shape index (κ2) is 9.48. The van der Waals surface area contributed by atoms with E-state index in [-0.39, 0.29) is 28.0 Å². The van der Waals surface area contributed by atoms with Gasteiger partial charge in [0.25, 0.3) is 0 Å². The molecule has 0 aliphatic rings. The molecule has 4 rings (SSSR count). The molecule has 3 heteroatoms. The van der Waals surface area contributed by atoms with Crippen molar-refractivity contribution in [3.05, 3.63) is 143 Å². The van der Waals surface area contributed by atoms with E-state index in [1.54, 1.807) is 12.1 Å². The fourth-order valence-corrected chi connectivity index (χ4v) is 4.47. The Morgan fingerprint density at radius 1 is 0.655 bits per heavy atom. The van der Waals surface area contributed by atoms with E-state index in [1.807, 2.05) is 18.2 Å². The summed E-state index contributed by atoms with van der Waals surface area (Å²) in [5.41, 5.74) is 5.79. The standard InChI is InChI=1S/C26H22FP.BrH/c27-24-16-9-10-20(19-24)18-21-11-7-8-17-25(21)26(28,22-12-3-1-4-13-22)23-14-5-2-6-15-23;/h1-17,19H,18,28H2;1H. The third kappa shape index (κ3) is 4.50. The van der Waals surface area contributed by atoms with Gasteiger partial charge in [0.05, 0.1) is 5.16 Å². The molecule has 4 aromatic carbocycles. The van der Waals surface area contributed by atoms with Crippen LogP contribution in [0.2, 0.25) is 0 Å². The number of hydrogen-bond donors (Lipinski definition) is 0. The molecule has 4 aromatic rings. The zero-order chi connectivity index (χ0) is 19.4. The maximum atomic E-state index is 13.7. The summed E-state index contributed by atoms with van der Waals surface area (Å²) in [5.74, 6) is -0.196. The van der Waals surface area contributed by atoms with E-state index in [1.165, 1.54) is 28.3 Å². The molecule has 0 fully saturated rings. The van der Waals surface area contributed by atoms with Crippen LogP contribution >= 0.6 is 26.2 Å². The molecular weight excluding hydrogens is 442 g/mol. The van der Waals surface area contributed by atoms with E-state index >= 15 is 0 Å². The second-order valence-corrected chi connectivity index (χ2v) is 7.87. The Labute approximate surface area is 184 Å². The van der Waals surface area contributed by atoms with Crippen LogP contribution in [0.3, 0.4) is 0 Å². The highest BCUT2D eigenvalue weighted by Crippen LogP contribution is 2.46. The third-order valence-corrected chi connectivity index (χ3v) is 6.16. The fourth-order valence-electron chi connectivity index (χ4n) is 3.81. The predicted molar refractivity (Wildman–Crippen MR) is 128 cm³/mol. The molecule has 1 atom stereocenters. The highest BCUT2D eigenvalue weighted by Gasteiger charge is 2.33. The molecule has 0 saturated heterocycles. The minimum absolute atomic E-state index is 0. The van der Waals surface area contributed by atoms with Crippen LogP contribution in [0, 0.1) is 5.82 Å². The first-order chi connectivity index (χ1) is 13.7. The molecule has 0 heterocycles. The van der Waals surface area contributed by atoms with Crippen LogP contribution in [0.15, 0.2) is 109 Å². The van der Waals surface area contributed by atoms with Crippen LogP contribution in [0.25, 0.3) is 0 Å². The fraction of sp³-hybridized carbons (Fsp3) is 0.0769. The van der Waals surface area contributed by atoms with Gasteiger partial charge in [0.1, 0.15) is 5.82 Å². The monoisotopic (exact) mass is 464 g/mol. The van der Waals surface area contributed by atoms with Crippen molar-refractivity contribution in [3.8, 4) is 0 Å². The minimum Gasteiger partial charge on any atom is -0.207 e. The van der Waals surface area contributed by atoms with Gasteiger partial charge >= 0.3 is 0 Å². The smallest absolute Gasteiger partial charge is 0.123 e. The Morgan fingerprint density at radius 2 is 1.21 bits per heavy atom.